The fourth-order valence-electron chi connectivity index (χ4n) is 2.77. The van der Waals surface area contributed by atoms with Crippen LogP contribution in [-0.2, 0) is 9.59 Å². The molecule has 0 aromatic heterocycles. The van der Waals surface area contributed by atoms with Crippen LogP contribution < -0.4 is 11.1 Å². The Kier molecular flexibility index (Phi) is 5.36. The van der Waals surface area contributed by atoms with Gasteiger partial charge < -0.3 is 16.0 Å². The van der Waals surface area contributed by atoms with Gasteiger partial charge in [-0.2, -0.15) is 0 Å². The molecule has 1 aliphatic rings. The van der Waals surface area contributed by atoms with E-state index < -0.39 is 11.9 Å². The summed E-state index contributed by atoms with van der Waals surface area (Å²) in [6, 6.07) is 4.99. The van der Waals surface area contributed by atoms with E-state index in [0.29, 0.717) is 18.5 Å². The van der Waals surface area contributed by atoms with Crippen molar-refractivity contribution in [2.24, 2.45) is 5.73 Å². The van der Waals surface area contributed by atoms with E-state index in [1.807, 2.05) is 26.0 Å². The minimum atomic E-state index is -0.502. The van der Waals surface area contributed by atoms with Crippen molar-refractivity contribution >= 4 is 17.7 Å². The van der Waals surface area contributed by atoms with E-state index in [9.17, 15) is 14.4 Å². The zero-order chi connectivity index (χ0) is 17.0. The van der Waals surface area contributed by atoms with E-state index in [2.05, 4.69) is 5.32 Å². The maximum atomic E-state index is 12.1. The van der Waals surface area contributed by atoms with E-state index in [4.69, 9.17) is 5.73 Å². The van der Waals surface area contributed by atoms with E-state index in [1.165, 1.54) is 4.90 Å². The molecule has 1 atom stereocenters. The summed E-state index contributed by atoms with van der Waals surface area (Å²) >= 11 is 0. The molecule has 1 unspecified atom stereocenters. The van der Waals surface area contributed by atoms with Gasteiger partial charge in [0.2, 0.25) is 11.8 Å². The highest BCUT2D eigenvalue weighted by Crippen LogP contribution is 2.17. The maximum absolute atomic E-state index is 12.1. The third-order valence-corrected chi connectivity index (χ3v) is 4.30. The van der Waals surface area contributed by atoms with Crippen LogP contribution in [0.1, 0.15) is 40.7 Å². The van der Waals surface area contributed by atoms with Crippen LogP contribution in [0.25, 0.3) is 0 Å². The van der Waals surface area contributed by atoms with Crippen molar-refractivity contribution in [3.8, 4) is 0 Å². The number of benzene rings is 1. The summed E-state index contributed by atoms with van der Waals surface area (Å²) in [4.78, 5) is 37.0. The molecule has 1 aliphatic heterocycles. The van der Waals surface area contributed by atoms with Gasteiger partial charge in [-0.25, -0.2) is 0 Å². The summed E-state index contributed by atoms with van der Waals surface area (Å²) in [5.74, 6) is -0.810. The number of hydrogen-bond acceptors (Lipinski definition) is 3. The Hall–Kier alpha value is -2.37. The lowest BCUT2D eigenvalue weighted by atomic mass is 10.1. The van der Waals surface area contributed by atoms with Crippen molar-refractivity contribution < 1.29 is 14.4 Å². The summed E-state index contributed by atoms with van der Waals surface area (Å²) in [6.07, 6.45) is 1.57. The molecule has 3 N–H and O–H groups in total. The van der Waals surface area contributed by atoms with Crippen LogP contribution >= 0.6 is 0 Å². The normalized spacial score (nSPS) is 17.1. The molecule has 2 rings (SSSR count). The van der Waals surface area contributed by atoms with Gasteiger partial charge in [-0.3, -0.25) is 14.4 Å². The average Bonchev–Trinajstić information content (AvgIpc) is 2.99. The fourth-order valence-corrected chi connectivity index (χ4v) is 2.77. The van der Waals surface area contributed by atoms with Gasteiger partial charge in [0.25, 0.3) is 5.91 Å². The Bertz CT molecular complexity index is 628. The van der Waals surface area contributed by atoms with Crippen molar-refractivity contribution in [3.05, 3.63) is 34.9 Å². The first-order valence-corrected chi connectivity index (χ1v) is 7.84. The van der Waals surface area contributed by atoms with Gasteiger partial charge in [-0.05, 0) is 49.9 Å². The van der Waals surface area contributed by atoms with Crippen molar-refractivity contribution in [3.63, 3.8) is 0 Å². The van der Waals surface area contributed by atoms with Crippen LogP contribution in [-0.4, -0.2) is 41.8 Å². The summed E-state index contributed by atoms with van der Waals surface area (Å²) in [5.41, 5.74) is 8.06. The standard InChI is InChI=1S/C17H23N3O3/c1-11-5-6-13(10-12(11)2)17(23)19-8-7-15(21)20-9-3-4-14(20)16(18)22/h5-6,10,14H,3-4,7-9H2,1-2H3,(H2,18,22)(H,19,23). The number of aryl methyl sites for hydroxylation is 2. The van der Waals surface area contributed by atoms with Crippen molar-refractivity contribution in [1.29, 1.82) is 0 Å². The molecule has 0 spiro atoms. The highest BCUT2D eigenvalue weighted by Gasteiger charge is 2.32. The third kappa shape index (κ3) is 4.09. The summed E-state index contributed by atoms with van der Waals surface area (Å²) < 4.78 is 0. The van der Waals surface area contributed by atoms with E-state index in [0.717, 1.165) is 17.5 Å². The Balaban J connectivity index is 1.84. The molecule has 124 valence electrons. The molecule has 6 heteroatoms. The first kappa shape index (κ1) is 17.0. The van der Waals surface area contributed by atoms with Crippen LogP contribution in [0.2, 0.25) is 0 Å². The average molecular weight is 317 g/mol. The lowest BCUT2D eigenvalue weighted by molar-refractivity contribution is -0.137. The number of nitrogens with two attached hydrogens (primary N) is 1. The second kappa shape index (κ2) is 7.26. The third-order valence-electron chi connectivity index (χ3n) is 4.30. The van der Waals surface area contributed by atoms with Crippen LogP contribution in [0.5, 0.6) is 0 Å². The SMILES string of the molecule is Cc1ccc(C(=O)NCCC(=O)N2CCCC2C(N)=O)cc1C. The largest absolute Gasteiger partial charge is 0.368 e. The summed E-state index contributed by atoms with van der Waals surface area (Å²) in [5, 5.41) is 2.74. The molecule has 0 radical (unpaired) electrons. The molecular formula is C17H23N3O3. The fraction of sp³-hybridized carbons (Fsp3) is 0.471. The Morgan fingerprint density at radius 3 is 2.65 bits per heavy atom. The van der Waals surface area contributed by atoms with E-state index >= 15 is 0 Å². The first-order valence-electron chi connectivity index (χ1n) is 7.84. The molecule has 1 saturated heterocycles. The van der Waals surface area contributed by atoms with Crippen LogP contribution in [0.4, 0.5) is 0 Å². The molecule has 1 heterocycles. The number of rotatable bonds is 5. The topological polar surface area (TPSA) is 92.5 Å². The predicted octanol–water partition coefficient (Wildman–Crippen LogP) is 0.900. The Morgan fingerprint density at radius 2 is 2.00 bits per heavy atom. The number of nitrogens with zero attached hydrogens (tertiary/aromatic N) is 1. The zero-order valence-electron chi connectivity index (χ0n) is 13.6. The molecule has 1 aromatic rings. The number of likely N-dealkylation sites (tertiary alicyclic amines) is 1. The second-order valence-electron chi connectivity index (χ2n) is 5.95. The molecule has 23 heavy (non-hydrogen) atoms. The quantitative estimate of drug-likeness (QED) is 0.845. The molecule has 0 bridgehead atoms. The van der Waals surface area contributed by atoms with Crippen molar-refractivity contribution in [2.75, 3.05) is 13.1 Å². The summed E-state index contributed by atoms with van der Waals surface area (Å²) in [6.45, 7) is 4.73. The van der Waals surface area contributed by atoms with Gasteiger partial charge in [0, 0.05) is 25.1 Å². The smallest absolute Gasteiger partial charge is 0.251 e. The Labute approximate surface area is 136 Å². The first-order chi connectivity index (χ1) is 10.9. The van der Waals surface area contributed by atoms with E-state index in [-0.39, 0.29) is 24.8 Å². The lowest BCUT2D eigenvalue weighted by Crippen LogP contribution is -2.44. The number of nitrogens with one attached hydrogen (secondary N) is 1. The van der Waals surface area contributed by atoms with Gasteiger partial charge in [0.1, 0.15) is 6.04 Å². The molecule has 0 saturated carbocycles. The number of carbonyl (C=O) groups is 3. The van der Waals surface area contributed by atoms with Gasteiger partial charge in [-0.1, -0.05) is 6.07 Å². The molecule has 1 aromatic carbocycles. The molecule has 6 nitrogen and oxygen atoms in total. The van der Waals surface area contributed by atoms with Crippen LogP contribution in [0.3, 0.4) is 0 Å². The van der Waals surface area contributed by atoms with Crippen LogP contribution in [0.15, 0.2) is 18.2 Å². The Morgan fingerprint density at radius 1 is 1.26 bits per heavy atom. The maximum Gasteiger partial charge on any atom is 0.251 e. The van der Waals surface area contributed by atoms with Gasteiger partial charge in [0.15, 0.2) is 0 Å². The summed E-state index contributed by atoms with van der Waals surface area (Å²) in [7, 11) is 0. The van der Waals surface area contributed by atoms with Gasteiger partial charge >= 0.3 is 0 Å². The minimum absolute atomic E-state index is 0.147. The van der Waals surface area contributed by atoms with Gasteiger partial charge in [0.05, 0.1) is 0 Å². The molecule has 1 fully saturated rings. The lowest BCUT2D eigenvalue weighted by Gasteiger charge is -2.22. The minimum Gasteiger partial charge on any atom is -0.368 e. The molecule has 3 amide bonds. The molecular weight excluding hydrogens is 294 g/mol. The monoisotopic (exact) mass is 317 g/mol. The molecule has 0 aliphatic carbocycles. The highest BCUT2D eigenvalue weighted by atomic mass is 16.2. The predicted molar refractivity (Wildman–Crippen MR) is 86.8 cm³/mol. The van der Waals surface area contributed by atoms with Crippen molar-refractivity contribution in [1.82, 2.24) is 10.2 Å². The highest BCUT2D eigenvalue weighted by molar-refractivity contribution is 5.94. The van der Waals surface area contributed by atoms with Gasteiger partial charge in [-0.15, -0.1) is 0 Å². The number of amides is 3. The van der Waals surface area contributed by atoms with Crippen molar-refractivity contribution in [2.45, 2.75) is 39.2 Å². The second-order valence-corrected chi connectivity index (χ2v) is 5.95. The van der Waals surface area contributed by atoms with Crippen LogP contribution in [0, 0.1) is 13.8 Å². The number of carbonyl (C=O) groups excluding carboxylic acids is 3. The van der Waals surface area contributed by atoms with E-state index in [1.54, 1.807) is 6.07 Å². The number of primary amides is 1. The number of hydrogen-bond donors (Lipinski definition) is 2. The zero-order valence-corrected chi connectivity index (χ0v) is 13.6.